The monoisotopic (exact) mass is 303 g/mol. The fraction of sp³-hybridized carbons (Fsp3) is 0.467. The predicted molar refractivity (Wildman–Crippen MR) is 84.0 cm³/mol. The third kappa shape index (κ3) is 2.21. The molecule has 2 aliphatic rings. The van der Waals surface area contributed by atoms with E-state index in [1.807, 2.05) is 18.2 Å². The number of benzene rings is 1. The van der Waals surface area contributed by atoms with Crippen molar-refractivity contribution >= 4 is 28.5 Å². The summed E-state index contributed by atoms with van der Waals surface area (Å²) >= 11 is 6.00. The van der Waals surface area contributed by atoms with Crippen molar-refractivity contribution in [3.8, 4) is 0 Å². The molecule has 3 heterocycles. The van der Waals surface area contributed by atoms with Crippen LogP contribution in [-0.4, -0.2) is 58.8 Å². The van der Waals surface area contributed by atoms with Gasteiger partial charge < -0.3 is 14.8 Å². The summed E-state index contributed by atoms with van der Waals surface area (Å²) in [5.74, 6) is 2.52. The molecule has 2 saturated heterocycles. The molecule has 0 aliphatic carbocycles. The molecule has 0 radical (unpaired) electrons. The Bertz CT molecular complexity index is 695. The standard InChI is InChI=1S/C15H18ClN5/c1-20-5-9-7-21(8-10(9)6-20)14(17)15-18-12-3-2-11(16)4-13(12)19-15/h2-4,9-10,17H,5-8H2,1H3,(H,18,19)/t9-,10+. The average molecular weight is 304 g/mol. The van der Waals surface area contributed by atoms with Gasteiger partial charge in [0.15, 0.2) is 11.7 Å². The van der Waals surface area contributed by atoms with Crippen LogP contribution in [0.3, 0.4) is 0 Å². The molecule has 0 unspecified atom stereocenters. The zero-order valence-electron chi connectivity index (χ0n) is 11.9. The summed E-state index contributed by atoms with van der Waals surface area (Å²) < 4.78 is 0. The van der Waals surface area contributed by atoms with Crippen LogP contribution in [0.4, 0.5) is 0 Å². The molecule has 0 bridgehead atoms. The molecule has 2 aromatic rings. The first-order valence-corrected chi connectivity index (χ1v) is 7.65. The van der Waals surface area contributed by atoms with E-state index < -0.39 is 0 Å². The van der Waals surface area contributed by atoms with E-state index in [0.29, 0.717) is 28.5 Å². The summed E-state index contributed by atoms with van der Waals surface area (Å²) in [5, 5.41) is 9.11. The van der Waals surface area contributed by atoms with Crippen LogP contribution in [0.25, 0.3) is 11.0 Å². The molecule has 6 heteroatoms. The molecule has 1 aromatic carbocycles. The van der Waals surface area contributed by atoms with Gasteiger partial charge in [-0.2, -0.15) is 0 Å². The molecule has 1 aromatic heterocycles. The largest absolute Gasteiger partial charge is 0.353 e. The molecule has 2 atom stereocenters. The number of rotatable bonds is 1. The smallest absolute Gasteiger partial charge is 0.173 e. The van der Waals surface area contributed by atoms with Gasteiger partial charge in [0.1, 0.15) is 0 Å². The second-order valence-electron chi connectivity index (χ2n) is 6.24. The van der Waals surface area contributed by atoms with E-state index in [9.17, 15) is 0 Å². The van der Waals surface area contributed by atoms with Gasteiger partial charge in [0.05, 0.1) is 11.0 Å². The fourth-order valence-corrected chi connectivity index (χ4v) is 3.83. The van der Waals surface area contributed by atoms with Crippen molar-refractivity contribution in [3.05, 3.63) is 29.0 Å². The maximum Gasteiger partial charge on any atom is 0.173 e. The van der Waals surface area contributed by atoms with Crippen LogP contribution in [-0.2, 0) is 0 Å². The molecule has 5 nitrogen and oxygen atoms in total. The number of imidazole rings is 1. The van der Waals surface area contributed by atoms with Crippen molar-refractivity contribution in [2.45, 2.75) is 0 Å². The van der Waals surface area contributed by atoms with Gasteiger partial charge in [-0.05, 0) is 37.1 Å². The van der Waals surface area contributed by atoms with Crippen LogP contribution in [0.2, 0.25) is 5.02 Å². The highest BCUT2D eigenvalue weighted by molar-refractivity contribution is 6.31. The zero-order chi connectivity index (χ0) is 14.6. The molecule has 2 aliphatic heterocycles. The van der Waals surface area contributed by atoms with Crippen molar-refractivity contribution in [1.29, 1.82) is 5.41 Å². The normalized spacial score (nSPS) is 25.7. The minimum absolute atomic E-state index is 0.499. The third-order valence-corrected chi connectivity index (χ3v) is 4.89. The SMILES string of the molecule is CN1C[C@@H]2CN(C(=N)c3nc4ccc(Cl)cc4[nH]3)C[C@@H]2C1. The number of aromatic nitrogens is 2. The van der Waals surface area contributed by atoms with Crippen LogP contribution in [0.1, 0.15) is 5.82 Å². The highest BCUT2D eigenvalue weighted by Gasteiger charge is 2.40. The molecule has 0 amide bonds. The predicted octanol–water partition coefficient (Wildman–Crippen LogP) is 2.04. The third-order valence-electron chi connectivity index (χ3n) is 4.65. The summed E-state index contributed by atoms with van der Waals surface area (Å²) in [5.41, 5.74) is 1.75. The van der Waals surface area contributed by atoms with Gasteiger partial charge in [-0.15, -0.1) is 0 Å². The Morgan fingerprint density at radius 2 is 2.00 bits per heavy atom. The molecule has 0 saturated carbocycles. The minimum Gasteiger partial charge on any atom is -0.353 e. The second kappa shape index (κ2) is 4.71. The van der Waals surface area contributed by atoms with E-state index in [1.165, 1.54) is 0 Å². The van der Waals surface area contributed by atoms with Gasteiger partial charge >= 0.3 is 0 Å². The molecular formula is C15H18ClN5. The molecule has 110 valence electrons. The quantitative estimate of drug-likeness (QED) is 0.626. The lowest BCUT2D eigenvalue weighted by atomic mass is 10.0. The van der Waals surface area contributed by atoms with E-state index in [4.69, 9.17) is 17.0 Å². The van der Waals surface area contributed by atoms with Gasteiger partial charge in [-0.25, -0.2) is 4.98 Å². The number of fused-ring (bicyclic) bond motifs is 2. The average Bonchev–Trinajstić information content (AvgIpc) is 3.08. The molecule has 2 N–H and O–H groups in total. The second-order valence-corrected chi connectivity index (χ2v) is 6.68. The Hall–Kier alpha value is -1.59. The minimum atomic E-state index is 0.499. The number of halogens is 1. The van der Waals surface area contributed by atoms with Crippen molar-refractivity contribution < 1.29 is 0 Å². The van der Waals surface area contributed by atoms with E-state index in [-0.39, 0.29) is 0 Å². The molecule has 0 spiro atoms. The first-order valence-electron chi connectivity index (χ1n) is 7.28. The summed E-state index contributed by atoms with van der Waals surface area (Å²) in [6.07, 6.45) is 0. The Morgan fingerprint density at radius 1 is 1.29 bits per heavy atom. The van der Waals surface area contributed by atoms with Gasteiger partial charge in [-0.1, -0.05) is 11.6 Å². The van der Waals surface area contributed by atoms with Gasteiger partial charge in [0.2, 0.25) is 0 Å². The molecular weight excluding hydrogens is 286 g/mol. The number of hydrogen-bond acceptors (Lipinski definition) is 3. The van der Waals surface area contributed by atoms with Gasteiger partial charge in [0, 0.05) is 31.2 Å². The van der Waals surface area contributed by atoms with Gasteiger partial charge in [-0.3, -0.25) is 5.41 Å². The number of nitrogens with zero attached hydrogens (tertiary/aromatic N) is 3. The Balaban J connectivity index is 1.57. The highest BCUT2D eigenvalue weighted by atomic mass is 35.5. The summed E-state index contributed by atoms with van der Waals surface area (Å²) in [4.78, 5) is 12.3. The fourth-order valence-electron chi connectivity index (χ4n) is 3.65. The first kappa shape index (κ1) is 13.1. The number of aromatic amines is 1. The van der Waals surface area contributed by atoms with Crippen LogP contribution in [0.5, 0.6) is 0 Å². The maximum absolute atomic E-state index is 8.43. The lowest BCUT2D eigenvalue weighted by molar-refractivity contribution is 0.347. The first-order chi connectivity index (χ1) is 10.1. The Kier molecular flexibility index (Phi) is 2.94. The van der Waals surface area contributed by atoms with Crippen molar-refractivity contribution in [1.82, 2.24) is 19.8 Å². The van der Waals surface area contributed by atoms with E-state index in [1.54, 1.807) is 0 Å². The lowest BCUT2D eigenvalue weighted by Crippen LogP contribution is -2.33. The van der Waals surface area contributed by atoms with Crippen LogP contribution >= 0.6 is 11.6 Å². The lowest BCUT2D eigenvalue weighted by Gasteiger charge is -2.20. The number of H-pyrrole nitrogens is 1. The Morgan fingerprint density at radius 3 is 2.71 bits per heavy atom. The van der Waals surface area contributed by atoms with Crippen LogP contribution < -0.4 is 0 Å². The summed E-state index contributed by atoms with van der Waals surface area (Å²) in [6, 6.07) is 5.57. The van der Waals surface area contributed by atoms with Crippen LogP contribution in [0.15, 0.2) is 18.2 Å². The van der Waals surface area contributed by atoms with Crippen molar-refractivity contribution in [2.24, 2.45) is 11.8 Å². The van der Waals surface area contributed by atoms with Crippen LogP contribution in [0, 0.1) is 17.2 Å². The topological polar surface area (TPSA) is 59.0 Å². The molecule has 4 rings (SSSR count). The van der Waals surface area contributed by atoms with Gasteiger partial charge in [0.25, 0.3) is 0 Å². The Labute approximate surface area is 128 Å². The van der Waals surface area contributed by atoms with Crippen molar-refractivity contribution in [3.63, 3.8) is 0 Å². The molecule has 2 fully saturated rings. The number of amidine groups is 1. The zero-order valence-corrected chi connectivity index (χ0v) is 12.7. The van der Waals surface area contributed by atoms with Crippen molar-refractivity contribution in [2.75, 3.05) is 33.2 Å². The number of likely N-dealkylation sites (tertiary alicyclic amines) is 2. The summed E-state index contributed by atoms with van der Waals surface area (Å²) in [6.45, 7) is 4.21. The van der Waals surface area contributed by atoms with E-state index in [0.717, 1.165) is 37.2 Å². The molecule has 21 heavy (non-hydrogen) atoms. The highest BCUT2D eigenvalue weighted by Crippen LogP contribution is 2.31. The maximum atomic E-state index is 8.43. The number of nitrogens with one attached hydrogen (secondary N) is 2. The van der Waals surface area contributed by atoms with E-state index in [2.05, 4.69) is 26.8 Å². The van der Waals surface area contributed by atoms with E-state index >= 15 is 0 Å². The summed E-state index contributed by atoms with van der Waals surface area (Å²) in [7, 11) is 2.18. The number of hydrogen-bond donors (Lipinski definition) is 2.